The van der Waals surface area contributed by atoms with Crippen molar-refractivity contribution in [1.29, 1.82) is 0 Å². The largest absolute Gasteiger partial charge is 0.393 e. The molecule has 2 aromatic carbocycles. The molecule has 0 amide bonds. The first-order valence-electron chi connectivity index (χ1n) is 6.72. The summed E-state index contributed by atoms with van der Waals surface area (Å²) < 4.78 is 13.6. The molecule has 0 aromatic heterocycles. The minimum absolute atomic E-state index is 0.290. The van der Waals surface area contributed by atoms with E-state index in [1.165, 1.54) is 23.3 Å². The fourth-order valence-corrected chi connectivity index (χ4v) is 2.34. The summed E-state index contributed by atoms with van der Waals surface area (Å²) in [7, 11) is 0. The van der Waals surface area contributed by atoms with E-state index < -0.39 is 6.10 Å². The van der Waals surface area contributed by atoms with E-state index in [2.05, 4.69) is 24.3 Å². The molecule has 2 rings (SSSR count). The molecular weight excluding hydrogens is 275 g/mol. The first-order valence-corrected chi connectivity index (χ1v) is 7.10. The molecule has 1 unspecified atom stereocenters. The third-order valence-corrected chi connectivity index (χ3v) is 3.59. The molecule has 20 heavy (non-hydrogen) atoms. The number of aliphatic hydroxyl groups is 1. The van der Waals surface area contributed by atoms with Crippen molar-refractivity contribution >= 4 is 11.6 Å². The Morgan fingerprint density at radius 3 is 2.55 bits per heavy atom. The Morgan fingerprint density at radius 1 is 1.15 bits per heavy atom. The zero-order valence-corrected chi connectivity index (χ0v) is 12.2. The van der Waals surface area contributed by atoms with Crippen LogP contribution in [0.15, 0.2) is 42.5 Å². The van der Waals surface area contributed by atoms with Crippen LogP contribution in [-0.4, -0.2) is 11.2 Å². The Morgan fingerprint density at radius 2 is 1.85 bits per heavy atom. The maximum absolute atomic E-state index is 13.6. The van der Waals surface area contributed by atoms with E-state index in [1.54, 1.807) is 6.07 Å². The van der Waals surface area contributed by atoms with E-state index in [9.17, 15) is 9.50 Å². The zero-order chi connectivity index (χ0) is 14.5. The van der Waals surface area contributed by atoms with Crippen LogP contribution in [0.25, 0.3) is 0 Å². The van der Waals surface area contributed by atoms with Crippen molar-refractivity contribution in [3.63, 3.8) is 0 Å². The summed E-state index contributed by atoms with van der Waals surface area (Å²) in [5.41, 5.74) is 2.87. The summed E-state index contributed by atoms with van der Waals surface area (Å²) >= 11 is 5.84. The Labute approximate surface area is 124 Å². The third kappa shape index (κ3) is 4.32. The van der Waals surface area contributed by atoms with Gasteiger partial charge in [0.1, 0.15) is 5.82 Å². The summed E-state index contributed by atoms with van der Waals surface area (Å²) in [5, 5.41) is 10.5. The topological polar surface area (TPSA) is 20.2 Å². The minimum Gasteiger partial charge on any atom is -0.393 e. The molecule has 0 aliphatic carbocycles. The number of rotatable bonds is 5. The Balaban J connectivity index is 1.90. The van der Waals surface area contributed by atoms with Gasteiger partial charge in [-0.1, -0.05) is 41.4 Å². The second kappa shape index (κ2) is 6.87. The fourth-order valence-electron chi connectivity index (χ4n) is 2.14. The van der Waals surface area contributed by atoms with Crippen LogP contribution in [-0.2, 0) is 12.8 Å². The molecule has 0 spiro atoms. The van der Waals surface area contributed by atoms with Crippen LogP contribution < -0.4 is 0 Å². The molecule has 0 bridgehead atoms. The van der Waals surface area contributed by atoms with Crippen molar-refractivity contribution in [1.82, 2.24) is 0 Å². The maximum Gasteiger partial charge on any atom is 0.126 e. The van der Waals surface area contributed by atoms with Crippen LogP contribution in [0.2, 0.25) is 5.02 Å². The van der Waals surface area contributed by atoms with E-state index in [-0.39, 0.29) is 12.2 Å². The summed E-state index contributed by atoms with van der Waals surface area (Å²) in [5.74, 6) is -0.316. The molecule has 1 atom stereocenters. The van der Waals surface area contributed by atoms with Gasteiger partial charge in [0.15, 0.2) is 0 Å². The minimum atomic E-state index is -0.565. The van der Waals surface area contributed by atoms with Crippen LogP contribution in [0.3, 0.4) is 0 Å². The number of aliphatic hydroxyl groups excluding tert-OH is 1. The lowest BCUT2D eigenvalue weighted by atomic mass is 10.0. The molecule has 3 heteroatoms. The van der Waals surface area contributed by atoms with Gasteiger partial charge in [0.2, 0.25) is 0 Å². The first kappa shape index (κ1) is 15.0. The lowest BCUT2D eigenvalue weighted by Crippen LogP contribution is -2.12. The number of benzene rings is 2. The van der Waals surface area contributed by atoms with Crippen molar-refractivity contribution < 1.29 is 9.50 Å². The molecule has 106 valence electrons. The van der Waals surface area contributed by atoms with Gasteiger partial charge in [0.25, 0.3) is 0 Å². The molecule has 2 aromatic rings. The van der Waals surface area contributed by atoms with Crippen LogP contribution in [0.5, 0.6) is 0 Å². The normalized spacial score (nSPS) is 12.4. The lowest BCUT2D eigenvalue weighted by molar-refractivity contribution is 0.164. The second-order valence-electron chi connectivity index (χ2n) is 5.12. The molecule has 1 nitrogen and oxygen atoms in total. The van der Waals surface area contributed by atoms with Crippen LogP contribution in [0.4, 0.5) is 4.39 Å². The molecule has 0 aliphatic heterocycles. The Kier molecular flexibility index (Phi) is 5.16. The summed E-state index contributed by atoms with van der Waals surface area (Å²) in [6, 6.07) is 12.6. The monoisotopic (exact) mass is 292 g/mol. The first-order chi connectivity index (χ1) is 9.54. The van der Waals surface area contributed by atoms with Crippen molar-refractivity contribution in [2.45, 2.75) is 32.3 Å². The molecule has 0 aliphatic rings. The predicted octanol–water partition coefficient (Wildman–Crippen LogP) is 4.32. The molecule has 0 saturated heterocycles. The molecule has 0 heterocycles. The van der Waals surface area contributed by atoms with Gasteiger partial charge in [-0.15, -0.1) is 0 Å². The summed E-state index contributed by atoms with van der Waals surface area (Å²) in [6.07, 6.45) is 1.11. The summed E-state index contributed by atoms with van der Waals surface area (Å²) in [4.78, 5) is 0. The predicted molar refractivity (Wildman–Crippen MR) is 80.6 cm³/mol. The fraction of sp³-hybridized carbons (Fsp3) is 0.294. The average molecular weight is 293 g/mol. The zero-order valence-electron chi connectivity index (χ0n) is 11.4. The third-order valence-electron chi connectivity index (χ3n) is 3.35. The Hall–Kier alpha value is -1.38. The lowest BCUT2D eigenvalue weighted by Gasteiger charge is -2.12. The van der Waals surface area contributed by atoms with Crippen LogP contribution >= 0.6 is 11.6 Å². The SMILES string of the molecule is Cc1ccc(CCC(O)Cc2cc(Cl)ccc2F)cc1. The highest BCUT2D eigenvalue weighted by atomic mass is 35.5. The molecule has 0 radical (unpaired) electrons. The highest BCUT2D eigenvalue weighted by molar-refractivity contribution is 6.30. The molecule has 0 saturated carbocycles. The van der Waals surface area contributed by atoms with Gasteiger partial charge in [0, 0.05) is 11.4 Å². The molecule has 0 fully saturated rings. The number of hydrogen-bond donors (Lipinski definition) is 1. The quantitative estimate of drug-likeness (QED) is 0.870. The van der Waals surface area contributed by atoms with Crippen molar-refractivity contribution in [3.8, 4) is 0 Å². The number of hydrogen-bond acceptors (Lipinski definition) is 1. The average Bonchev–Trinajstić information content (AvgIpc) is 2.42. The van der Waals surface area contributed by atoms with E-state index in [4.69, 9.17) is 11.6 Å². The summed E-state index contributed by atoms with van der Waals surface area (Å²) in [6.45, 7) is 2.04. The highest BCUT2D eigenvalue weighted by Gasteiger charge is 2.10. The van der Waals surface area contributed by atoms with Gasteiger partial charge in [-0.2, -0.15) is 0 Å². The maximum atomic E-state index is 13.6. The van der Waals surface area contributed by atoms with Crippen molar-refractivity contribution in [3.05, 3.63) is 70.0 Å². The van der Waals surface area contributed by atoms with Gasteiger partial charge in [-0.05, 0) is 49.1 Å². The van der Waals surface area contributed by atoms with E-state index >= 15 is 0 Å². The number of aryl methyl sites for hydroxylation is 2. The van der Waals surface area contributed by atoms with E-state index in [0.29, 0.717) is 17.0 Å². The smallest absolute Gasteiger partial charge is 0.126 e. The molecule has 1 N–H and O–H groups in total. The number of halogens is 2. The van der Waals surface area contributed by atoms with Gasteiger partial charge < -0.3 is 5.11 Å². The highest BCUT2D eigenvalue weighted by Crippen LogP contribution is 2.18. The van der Waals surface area contributed by atoms with Gasteiger partial charge in [0.05, 0.1) is 6.10 Å². The van der Waals surface area contributed by atoms with Gasteiger partial charge in [-0.3, -0.25) is 0 Å². The molecular formula is C17H18ClFO. The van der Waals surface area contributed by atoms with Gasteiger partial charge >= 0.3 is 0 Å². The van der Waals surface area contributed by atoms with Crippen molar-refractivity contribution in [2.75, 3.05) is 0 Å². The second-order valence-corrected chi connectivity index (χ2v) is 5.55. The van der Waals surface area contributed by atoms with Crippen LogP contribution in [0.1, 0.15) is 23.1 Å². The van der Waals surface area contributed by atoms with Crippen molar-refractivity contribution in [2.24, 2.45) is 0 Å². The van der Waals surface area contributed by atoms with Gasteiger partial charge in [-0.25, -0.2) is 4.39 Å². The van der Waals surface area contributed by atoms with E-state index in [0.717, 1.165) is 6.42 Å². The standard InChI is InChI=1S/C17H18ClFO/c1-12-2-4-13(5-3-12)6-8-16(20)11-14-10-15(18)7-9-17(14)19/h2-5,7,9-10,16,20H,6,8,11H2,1H3. The van der Waals surface area contributed by atoms with E-state index in [1.807, 2.05) is 6.92 Å². The Bertz CT molecular complexity index is 566. The van der Waals surface area contributed by atoms with Crippen LogP contribution in [0, 0.1) is 12.7 Å².